The van der Waals surface area contributed by atoms with Crippen LogP contribution in [-0.2, 0) is 5.41 Å². The van der Waals surface area contributed by atoms with Gasteiger partial charge in [0.1, 0.15) is 12.2 Å². The second-order valence-electron chi connectivity index (χ2n) is 5.86. The van der Waals surface area contributed by atoms with Gasteiger partial charge in [0.15, 0.2) is 0 Å². The molecule has 5 heteroatoms. The molecule has 0 fully saturated rings. The minimum Gasteiger partial charge on any atom is -0.342 e. The van der Waals surface area contributed by atoms with Crippen molar-refractivity contribution >= 4 is 5.91 Å². The Hall–Kier alpha value is -2.17. The van der Waals surface area contributed by atoms with E-state index in [1.54, 1.807) is 0 Å². The number of aromatic nitrogens is 3. The molecule has 0 radical (unpaired) electrons. The van der Waals surface area contributed by atoms with Crippen LogP contribution in [0.25, 0.3) is 0 Å². The van der Waals surface area contributed by atoms with Gasteiger partial charge in [0.2, 0.25) is 0 Å². The van der Waals surface area contributed by atoms with Gasteiger partial charge in [0.25, 0.3) is 5.91 Å². The number of benzene rings is 1. The average Bonchev–Trinajstić information content (AvgIpc) is 2.91. The number of H-pyrrole nitrogens is 1. The van der Waals surface area contributed by atoms with E-state index in [9.17, 15) is 4.79 Å². The zero-order valence-corrected chi connectivity index (χ0v) is 12.3. The van der Waals surface area contributed by atoms with Gasteiger partial charge in [-0.05, 0) is 24.0 Å². The van der Waals surface area contributed by atoms with E-state index < -0.39 is 0 Å². The number of hydrogen-bond acceptors (Lipinski definition) is 3. The first kappa shape index (κ1) is 14.2. The highest BCUT2D eigenvalue weighted by Crippen LogP contribution is 2.26. The van der Waals surface area contributed by atoms with E-state index >= 15 is 0 Å². The van der Waals surface area contributed by atoms with Gasteiger partial charge in [-0.1, -0.05) is 39.0 Å². The number of carbonyl (C=O) groups is 1. The third-order valence-electron chi connectivity index (χ3n) is 3.17. The number of amides is 1. The van der Waals surface area contributed by atoms with Crippen LogP contribution < -0.4 is 5.32 Å². The summed E-state index contributed by atoms with van der Waals surface area (Å²) < 4.78 is 0. The number of carbonyl (C=O) groups excluding carboxylic acids is 1. The van der Waals surface area contributed by atoms with E-state index in [1.807, 2.05) is 31.2 Å². The molecule has 106 valence electrons. The molecular weight excluding hydrogens is 252 g/mol. The van der Waals surface area contributed by atoms with Gasteiger partial charge in [-0.25, -0.2) is 4.98 Å². The lowest BCUT2D eigenvalue weighted by Crippen LogP contribution is -2.30. The summed E-state index contributed by atoms with van der Waals surface area (Å²) in [6.45, 7) is 8.16. The van der Waals surface area contributed by atoms with Crippen molar-refractivity contribution in [2.45, 2.75) is 39.2 Å². The van der Waals surface area contributed by atoms with E-state index in [2.05, 4.69) is 41.3 Å². The maximum atomic E-state index is 12.4. The lowest BCUT2D eigenvalue weighted by atomic mass is 9.83. The highest BCUT2D eigenvalue weighted by Gasteiger charge is 2.22. The smallest absolute Gasteiger partial charge is 0.252 e. The SMILES string of the molecule is CC(NC(=O)c1ccccc1C(C)(C)C)c1ncn[nH]1. The van der Waals surface area contributed by atoms with Gasteiger partial charge in [0.05, 0.1) is 6.04 Å². The minimum absolute atomic E-state index is 0.0800. The summed E-state index contributed by atoms with van der Waals surface area (Å²) in [4.78, 5) is 16.5. The molecule has 2 N–H and O–H groups in total. The van der Waals surface area contributed by atoms with Crippen LogP contribution in [0.2, 0.25) is 0 Å². The van der Waals surface area contributed by atoms with Crippen LogP contribution in [0.5, 0.6) is 0 Å². The monoisotopic (exact) mass is 272 g/mol. The fourth-order valence-electron chi connectivity index (χ4n) is 2.10. The predicted molar refractivity (Wildman–Crippen MR) is 77.4 cm³/mol. The second kappa shape index (κ2) is 5.45. The van der Waals surface area contributed by atoms with Gasteiger partial charge in [-0.3, -0.25) is 9.89 Å². The van der Waals surface area contributed by atoms with E-state index in [-0.39, 0.29) is 17.4 Å². The molecule has 20 heavy (non-hydrogen) atoms. The van der Waals surface area contributed by atoms with Gasteiger partial charge < -0.3 is 5.32 Å². The predicted octanol–water partition coefficient (Wildman–Crippen LogP) is 2.59. The van der Waals surface area contributed by atoms with Crippen molar-refractivity contribution in [1.29, 1.82) is 0 Å². The summed E-state index contributed by atoms with van der Waals surface area (Å²) in [5.74, 6) is 0.547. The molecule has 0 bridgehead atoms. The molecule has 1 heterocycles. The van der Waals surface area contributed by atoms with E-state index in [0.29, 0.717) is 11.4 Å². The summed E-state index contributed by atoms with van der Waals surface area (Å²) in [6.07, 6.45) is 1.43. The Labute approximate surface area is 118 Å². The third kappa shape index (κ3) is 3.04. The molecule has 1 aromatic heterocycles. The summed E-state index contributed by atoms with van der Waals surface area (Å²) in [5.41, 5.74) is 1.65. The maximum absolute atomic E-state index is 12.4. The second-order valence-corrected chi connectivity index (χ2v) is 5.86. The lowest BCUT2D eigenvalue weighted by Gasteiger charge is -2.23. The highest BCUT2D eigenvalue weighted by molar-refractivity contribution is 5.96. The molecule has 2 rings (SSSR count). The van der Waals surface area contributed by atoms with Gasteiger partial charge >= 0.3 is 0 Å². The molecule has 0 aliphatic heterocycles. The Morgan fingerprint density at radius 1 is 1.30 bits per heavy atom. The van der Waals surface area contributed by atoms with Gasteiger partial charge in [0, 0.05) is 5.56 Å². The molecule has 0 saturated heterocycles. The van der Waals surface area contributed by atoms with Crippen molar-refractivity contribution in [1.82, 2.24) is 20.5 Å². The maximum Gasteiger partial charge on any atom is 0.252 e. The number of hydrogen-bond donors (Lipinski definition) is 2. The molecule has 1 aromatic carbocycles. The van der Waals surface area contributed by atoms with Gasteiger partial charge in [-0.15, -0.1) is 0 Å². The lowest BCUT2D eigenvalue weighted by molar-refractivity contribution is 0.0936. The van der Waals surface area contributed by atoms with Crippen LogP contribution in [-0.4, -0.2) is 21.1 Å². The van der Waals surface area contributed by atoms with Crippen LogP contribution in [0.4, 0.5) is 0 Å². The zero-order chi connectivity index (χ0) is 14.8. The molecular formula is C15H20N4O. The van der Waals surface area contributed by atoms with Crippen molar-refractivity contribution in [3.8, 4) is 0 Å². The molecule has 1 atom stereocenters. The molecule has 0 spiro atoms. The average molecular weight is 272 g/mol. The number of nitrogens with zero attached hydrogens (tertiary/aromatic N) is 2. The van der Waals surface area contributed by atoms with Crippen LogP contribution in [0.1, 0.15) is 55.5 Å². The van der Waals surface area contributed by atoms with Crippen molar-refractivity contribution in [3.05, 3.63) is 47.5 Å². The molecule has 5 nitrogen and oxygen atoms in total. The Kier molecular flexibility index (Phi) is 3.88. The molecule has 2 aromatic rings. The number of aromatic amines is 1. The summed E-state index contributed by atoms with van der Waals surface area (Å²) >= 11 is 0. The largest absolute Gasteiger partial charge is 0.342 e. The molecule has 1 unspecified atom stereocenters. The zero-order valence-electron chi connectivity index (χ0n) is 12.3. The number of nitrogens with one attached hydrogen (secondary N) is 2. The topological polar surface area (TPSA) is 70.7 Å². The van der Waals surface area contributed by atoms with Crippen molar-refractivity contribution in [2.75, 3.05) is 0 Å². The Morgan fingerprint density at radius 2 is 2.00 bits per heavy atom. The van der Waals surface area contributed by atoms with Gasteiger partial charge in [-0.2, -0.15) is 5.10 Å². The summed E-state index contributed by atoms with van der Waals surface area (Å²) in [5, 5.41) is 9.49. The summed E-state index contributed by atoms with van der Waals surface area (Å²) in [7, 11) is 0. The van der Waals surface area contributed by atoms with Crippen molar-refractivity contribution in [2.24, 2.45) is 0 Å². The minimum atomic E-state index is -0.210. The van der Waals surface area contributed by atoms with Crippen molar-refractivity contribution in [3.63, 3.8) is 0 Å². The normalized spacial score (nSPS) is 13.0. The molecule has 0 saturated carbocycles. The Morgan fingerprint density at radius 3 is 2.60 bits per heavy atom. The Bertz CT molecular complexity index is 584. The first-order valence-electron chi connectivity index (χ1n) is 6.65. The Balaban J connectivity index is 2.22. The standard InChI is InChI=1S/C15H20N4O/c1-10(13-16-9-17-19-13)18-14(20)11-7-5-6-8-12(11)15(2,3)4/h5-10H,1-4H3,(H,18,20)(H,16,17,19). The van der Waals surface area contributed by atoms with E-state index in [1.165, 1.54) is 6.33 Å². The van der Waals surface area contributed by atoms with E-state index in [0.717, 1.165) is 5.56 Å². The number of rotatable bonds is 3. The molecule has 0 aliphatic carbocycles. The fraction of sp³-hybridized carbons (Fsp3) is 0.400. The molecule has 0 aliphatic rings. The van der Waals surface area contributed by atoms with E-state index in [4.69, 9.17) is 0 Å². The van der Waals surface area contributed by atoms with Crippen molar-refractivity contribution < 1.29 is 4.79 Å². The third-order valence-corrected chi connectivity index (χ3v) is 3.17. The highest BCUT2D eigenvalue weighted by atomic mass is 16.1. The molecule has 1 amide bonds. The first-order valence-corrected chi connectivity index (χ1v) is 6.65. The quantitative estimate of drug-likeness (QED) is 0.902. The van der Waals surface area contributed by atoms with Crippen LogP contribution in [0.15, 0.2) is 30.6 Å². The van der Waals surface area contributed by atoms with Crippen LogP contribution >= 0.6 is 0 Å². The summed E-state index contributed by atoms with van der Waals surface area (Å²) in [6, 6.07) is 7.47. The van der Waals surface area contributed by atoms with Crippen LogP contribution in [0.3, 0.4) is 0 Å². The first-order chi connectivity index (χ1) is 9.39. The van der Waals surface area contributed by atoms with Crippen LogP contribution in [0, 0.1) is 0 Å². The fourth-order valence-corrected chi connectivity index (χ4v) is 2.10.